The van der Waals surface area contributed by atoms with Gasteiger partial charge in [-0.15, -0.1) is 11.3 Å². The van der Waals surface area contributed by atoms with E-state index in [2.05, 4.69) is 4.98 Å². The molecule has 7 heteroatoms. The number of aromatic nitrogens is 1. The molecule has 0 spiro atoms. The minimum Gasteiger partial charge on any atom is -0.452 e. The Morgan fingerprint density at radius 1 is 1.28 bits per heavy atom. The van der Waals surface area contributed by atoms with Gasteiger partial charge in [-0.3, -0.25) is 9.59 Å². The highest BCUT2D eigenvalue weighted by Gasteiger charge is 2.22. The van der Waals surface area contributed by atoms with Gasteiger partial charge in [-0.1, -0.05) is 12.1 Å². The number of ether oxygens (including phenoxy) is 1. The van der Waals surface area contributed by atoms with E-state index < -0.39 is 12.1 Å². The molecule has 3 aromatic rings. The summed E-state index contributed by atoms with van der Waals surface area (Å²) in [6, 6.07) is 9.74. The Bertz CT molecular complexity index is 840. The Morgan fingerprint density at radius 2 is 2.08 bits per heavy atom. The summed E-state index contributed by atoms with van der Waals surface area (Å²) in [6.07, 6.45) is -0.631. The first-order chi connectivity index (χ1) is 12.0. The van der Waals surface area contributed by atoms with E-state index >= 15 is 0 Å². The first-order valence-electron chi connectivity index (χ1n) is 7.83. The van der Waals surface area contributed by atoms with Gasteiger partial charge in [0.05, 0.1) is 23.2 Å². The van der Waals surface area contributed by atoms with Crippen molar-refractivity contribution in [2.75, 3.05) is 7.05 Å². The number of amides is 1. The van der Waals surface area contributed by atoms with Crippen LogP contribution in [-0.4, -0.2) is 34.9 Å². The number of fused-ring (bicyclic) bond motifs is 1. The standard InChI is InChI=1S/C18H18N2O3S2/c1-12(23-17(21)9-13-7-8-24-11-13)18(22)20(2)10-16-19-14-5-3-4-6-15(14)25-16/h3-8,11-12H,9-10H2,1-2H3/t12-/m1/s1. The first kappa shape index (κ1) is 17.6. The summed E-state index contributed by atoms with van der Waals surface area (Å²) in [4.78, 5) is 30.4. The molecule has 1 atom stereocenters. The first-order valence-corrected chi connectivity index (χ1v) is 9.59. The van der Waals surface area contributed by atoms with Gasteiger partial charge in [-0.05, 0) is 41.4 Å². The second-order valence-electron chi connectivity index (χ2n) is 5.71. The molecule has 0 radical (unpaired) electrons. The minimum atomic E-state index is -0.814. The number of hydrogen-bond acceptors (Lipinski definition) is 6. The number of carbonyl (C=O) groups is 2. The molecule has 2 heterocycles. The Morgan fingerprint density at radius 3 is 2.80 bits per heavy atom. The van der Waals surface area contributed by atoms with Crippen molar-refractivity contribution in [3.8, 4) is 0 Å². The number of esters is 1. The van der Waals surface area contributed by atoms with Crippen LogP contribution >= 0.6 is 22.7 Å². The van der Waals surface area contributed by atoms with Crippen LogP contribution < -0.4 is 0 Å². The molecule has 0 N–H and O–H groups in total. The van der Waals surface area contributed by atoms with Crippen LogP contribution in [0.1, 0.15) is 17.5 Å². The zero-order chi connectivity index (χ0) is 17.8. The van der Waals surface area contributed by atoms with Crippen LogP contribution in [0.25, 0.3) is 10.2 Å². The second kappa shape index (κ2) is 7.76. The molecule has 0 aliphatic carbocycles. The number of thiazole rings is 1. The number of carbonyl (C=O) groups excluding carboxylic acids is 2. The van der Waals surface area contributed by atoms with Crippen LogP contribution in [0.15, 0.2) is 41.1 Å². The second-order valence-corrected chi connectivity index (χ2v) is 7.61. The molecule has 0 aliphatic heterocycles. The van der Waals surface area contributed by atoms with E-state index in [1.807, 2.05) is 41.1 Å². The molecule has 2 aromatic heterocycles. The van der Waals surface area contributed by atoms with Crippen molar-refractivity contribution in [1.82, 2.24) is 9.88 Å². The van der Waals surface area contributed by atoms with Gasteiger partial charge in [0.25, 0.3) is 5.91 Å². The number of para-hydroxylation sites is 1. The van der Waals surface area contributed by atoms with Gasteiger partial charge in [0.2, 0.25) is 0 Å². The number of hydrogen-bond donors (Lipinski definition) is 0. The van der Waals surface area contributed by atoms with Gasteiger partial charge in [0.1, 0.15) is 5.01 Å². The van der Waals surface area contributed by atoms with Crippen molar-refractivity contribution in [2.45, 2.75) is 26.0 Å². The van der Waals surface area contributed by atoms with Crippen molar-refractivity contribution in [1.29, 1.82) is 0 Å². The molecular formula is C18H18N2O3S2. The smallest absolute Gasteiger partial charge is 0.311 e. The SMILES string of the molecule is C[C@@H](OC(=O)Cc1ccsc1)C(=O)N(C)Cc1nc2ccccc2s1. The van der Waals surface area contributed by atoms with Crippen molar-refractivity contribution in [2.24, 2.45) is 0 Å². The molecule has 0 bridgehead atoms. The maximum atomic E-state index is 12.4. The average Bonchev–Trinajstić information content (AvgIpc) is 3.22. The summed E-state index contributed by atoms with van der Waals surface area (Å²) in [6.45, 7) is 1.99. The highest BCUT2D eigenvalue weighted by molar-refractivity contribution is 7.18. The molecule has 25 heavy (non-hydrogen) atoms. The third-order valence-electron chi connectivity index (χ3n) is 3.67. The van der Waals surface area contributed by atoms with Gasteiger partial charge in [0.15, 0.2) is 6.10 Å². The van der Waals surface area contributed by atoms with E-state index in [0.29, 0.717) is 6.54 Å². The average molecular weight is 374 g/mol. The molecule has 0 saturated heterocycles. The molecule has 0 saturated carbocycles. The third-order valence-corrected chi connectivity index (χ3v) is 5.42. The van der Waals surface area contributed by atoms with E-state index in [1.165, 1.54) is 11.3 Å². The lowest BCUT2D eigenvalue weighted by Crippen LogP contribution is -2.37. The fourth-order valence-corrected chi connectivity index (χ4v) is 4.12. The summed E-state index contributed by atoms with van der Waals surface area (Å²) >= 11 is 3.09. The Labute approximate surface area is 153 Å². The molecule has 1 aromatic carbocycles. The third kappa shape index (κ3) is 4.43. The molecule has 5 nitrogen and oxygen atoms in total. The quantitative estimate of drug-likeness (QED) is 0.620. The molecule has 0 unspecified atom stereocenters. The molecule has 130 valence electrons. The monoisotopic (exact) mass is 374 g/mol. The van der Waals surface area contributed by atoms with Crippen LogP contribution in [0.2, 0.25) is 0 Å². The zero-order valence-electron chi connectivity index (χ0n) is 14.0. The van der Waals surface area contributed by atoms with Crippen molar-refractivity contribution in [3.63, 3.8) is 0 Å². The van der Waals surface area contributed by atoms with Crippen LogP contribution in [0, 0.1) is 0 Å². The number of rotatable bonds is 6. The summed E-state index contributed by atoms with van der Waals surface area (Å²) in [7, 11) is 1.69. The van der Waals surface area contributed by atoms with E-state index in [4.69, 9.17) is 4.74 Å². The predicted molar refractivity (Wildman–Crippen MR) is 99.7 cm³/mol. The van der Waals surface area contributed by atoms with Gasteiger partial charge in [0, 0.05) is 7.05 Å². The Kier molecular flexibility index (Phi) is 5.45. The minimum absolute atomic E-state index is 0.183. The van der Waals surface area contributed by atoms with Crippen molar-refractivity contribution in [3.05, 3.63) is 51.7 Å². The van der Waals surface area contributed by atoms with Crippen LogP contribution in [0.4, 0.5) is 0 Å². The number of nitrogens with zero attached hydrogens (tertiary/aromatic N) is 2. The fraction of sp³-hybridized carbons (Fsp3) is 0.278. The largest absolute Gasteiger partial charge is 0.452 e. The lowest BCUT2D eigenvalue weighted by molar-refractivity contribution is -0.158. The van der Waals surface area contributed by atoms with Crippen LogP contribution in [-0.2, 0) is 27.3 Å². The van der Waals surface area contributed by atoms with Gasteiger partial charge < -0.3 is 9.64 Å². The molecule has 0 aliphatic rings. The summed E-state index contributed by atoms with van der Waals surface area (Å²) < 4.78 is 6.35. The van der Waals surface area contributed by atoms with Crippen LogP contribution in [0.5, 0.6) is 0 Å². The van der Waals surface area contributed by atoms with E-state index in [9.17, 15) is 9.59 Å². The van der Waals surface area contributed by atoms with Gasteiger partial charge >= 0.3 is 5.97 Å². The van der Waals surface area contributed by atoms with E-state index in [-0.39, 0.29) is 12.3 Å². The Balaban J connectivity index is 1.56. The number of thiophene rings is 1. The highest BCUT2D eigenvalue weighted by Crippen LogP contribution is 2.22. The topological polar surface area (TPSA) is 59.5 Å². The van der Waals surface area contributed by atoms with Crippen molar-refractivity contribution < 1.29 is 14.3 Å². The highest BCUT2D eigenvalue weighted by atomic mass is 32.1. The van der Waals surface area contributed by atoms with E-state index in [1.54, 1.807) is 30.2 Å². The number of likely N-dealkylation sites (N-methyl/N-ethyl adjacent to an activating group) is 1. The van der Waals surface area contributed by atoms with Crippen molar-refractivity contribution >= 4 is 44.8 Å². The fourth-order valence-electron chi connectivity index (χ4n) is 2.43. The maximum absolute atomic E-state index is 12.4. The Hall–Kier alpha value is -2.25. The molecular weight excluding hydrogens is 356 g/mol. The lowest BCUT2D eigenvalue weighted by Gasteiger charge is -2.20. The summed E-state index contributed by atoms with van der Waals surface area (Å²) in [5.74, 6) is -0.634. The summed E-state index contributed by atoms with van der Waals surface area (Å²) in [5.41, 5.74) is 1.83. The van der Waals surface area contributed by atoms with Gasteiger partial charge in [-0.25, -0.2) is 4.98 Å². The summed E-state index contributed by atoms with van der Waals surface area (Å²) in [5, 5.41) is 4.66. The van der Waals surface area contributed by atoms with Crippen LogP contribution in [0.3, 0.4) is 0 Å². The number of benzene rings is 1. The maximum Gasteiger partial charge on any atom is 0.311 e. The zero-order valence-corrected chi connectivity index (χ0v) is 15.6. The van der Waals surface area contributed by atoms with E-state index in [0.717, 1.165) is 20.8 Å². The predicted octanol–water partition coefficient (Wildman–Crippen LogP) is 3.49. The molecule has 0 fully saturated rings. The van der Waals surface area contributed by atoms with Gasteiger partial charge in [-0.2, -0.15) is 11.3 Å². The molecule has 1 amide bonds. The lowest BCUT2D eigenvalue weighted by atomic mass is 10.2. The molecule has 3 rings (SSSR count). The normalized spacial score (nSPS) is 12.1.